The van der Waals surface area contributed by atoms with E-state index in [4.69, 9.17) is 5.73 Å². The standard InChI is InChI=1S/C15H23N3O2/c1-17-15(20)13-6-5-11(16)10-14(13)18-8-3-2-4-12(18)7-9-19/h5-6,10,12,19H,2-4,7-9,16H2,1H3,(H,17,20). The van der Waals surface area contributed by atoms with E-state index in [1.165, 1.54) is 6.42 Å². The zero-order valence-corrected chi connectivity index (χ0v) is 11.9. The van der Waals surface area contributed by atoms with Gasteiger partial charge < -0.3 is 21.1 Å². The van der Waals surface area contributed by atoms with Crippen molar-refractivity contribution in [3.63, 3.8) is 0 Å². The summed E-state index contributed by atoms with van der Waals surface area (Å²) >= 11 is 0. The Morgan fingerprint density at radius 3 is 3.00 bits per heavy atom. The number of anilines is 2. The molecule has 5 heteroatoms. The lowest BCUT2D eigenvalue weighted by Crippen LogP contribution is -2.41. The molecule has 0 saturated carbocycles. The molecule has 1 fully saturated rings. The Kier molecular flexibility index (Phi) is 4.84. The number of nitrogen functional groups attached to an aromatic ring is 1. The second-order valence-electron chi connectivity index (χ2n) is 5.21. The number of amides is 1. The lowest BCUT2D eigenvalue weighted by Gasteiger charge is -2.38. The number of aliphatic hydroxyl groups excluding tert-OH is 1. The van der Waals surface area contributed by atoms with E-state index in [1.807, 2.05) is 6.07 Å². The Labute approximate surface area is 119 Å². The van der Waals surface area contributed by atoms with Crippen molar-refractivity contribution in [3.05, 3.63) is 23.8 Å². The van der Waals surface area contributed by atoms with Crippen molar-refractivity contribution in [1.82, 2.24) is 5.32 Å². The van der Waals surface area contributed by atoms with Crippen molar-refractivity contribution in [2.45, 2.75) is 31.7 Å². The summed E-state index contributed by atoms with van der Waals surface area (Å²) in [6, 6.07) is 5.66. The highest BCUT2D eigenvalue weighted by Gasteiger charge is 2.25. The molecule has 1 aliphatic rings. The van der Waals surface area contributed by atoms with Crippen LogP contribution in [0.2, 0.25) is 0 Å². The molecule has 1 aliphatic heterocycles. The number of nitrogens with two attached hydrogens (primary N) is 1. The van der Waals surface area contributed by atoms with Gasteiger partial charge in [0.05, 0.1) is 11.3 Å². The number of benzene rings is 1. The van der Waals surface area contributed by atoms with E-state index < -0.39 is 0 Å². The predicted octanol–water partition coefficient (Wildman–Crippen LogP) is 1.37. The molecule has 1 aromatic rings. The van der Waals surface area contributed by atoms with E-state index in [1.54, 1.807) is 19.2 Å². The Hall–Kier alpha value is -1.75. The fourth-order valence-electron chi connectivity index (χ4n) is 2.88. The minimum absolute atomic E-state index is 0.103. The van der Waals surface area contributed by atoms with Crippen molar-refractivity contribution < 1.29 is 9.90 Å². The van der Waals surface area contributed by atoms with E-state index in [9.17, 15) is 9.90 Å². The van der Waals surface area contributed by atoms with E-state index >= 15 is 0 Å². The lowest BCUT2D eigenvalue weighted by molar-refractivity contribution is 0.0963. The second-order valence-corrected chi connectivity index (χ2v) is 5.21. The van der Waals surface area contributed by atoms with E-state index in [0.717, 1.165) is 31.5 Å². The number of carbonyl (C=O) groups excluding carboxylic acids is 1. The van der Waals surface area contributed by atoms with Crippen LogP contribution in [-0.4, -0.2) is 37.3 Å². The highest BCUT2D eigenvalue weighted by atomic mass is 16.3. The van der Waals surface area contributed by atoms with Crippen molar-refractivity contribution in [3.8, 4) is 0 Å². The first-order valence-corrected chi connectivity index (χ1v) is 7.16. The van der Waals surface area contributed by atoms with Gasteiger partial charge in [-0.15, -0.1) is 0 Å². The molecule has 1 heterocycles. The van der Waals surface area contributed by atoms with E-state index in [2.05, 4.69) is 10.2 Å². The van der Waals surface area contributed by atoms with Gasteiger partial charge in [-0.2, -0.15) is 0 Å². The van der Waals surface area contributed by atoms with E-state index in [0.29, 0.717) is 11.3 Å². The first-order valence-electron chi connectivity index (χ1n) is 7.16. The van der Waals surface area contributed by atoms with Crippen LogP contribution in [-0.2, 0) is 0 Å². The fraction of sp³-hybridized carbons (Fsp3) is 0.533. The van der Waals surface area contributed by atoms with Crippen molar-refractivity contribution >= 4 is 17.3 Å². The molecule has 4 N–H and O–H groups in total. The largest absolute Gasteiger partial charge is 0.399 e. The smallest absolute Gasteiger partial charge is 0.253 e. The molecule has 0 aliphatic carbocycles. The topological polar surface area (TPSA) is 78.6 Å². The maximum Gasteiger partial charge on any atom is 0.253 e. The quantitative estimate of drug-likeness (QED) is 0.726. The van der Waals surface area contributed by atoms with Gasteiger partial charge in [-0.05, 0) is 43.9 Å². The molecule has 1 saturated heterocycles. The van der Waals surface area contributed by atoms with Crippen LogP contribution in [0.25, 0.3) is 0 Å². The summed E-state index contributed by atoms with van der Waals surface area (Å²) in [7, 11) is 1.63. The molecule has 1 amide bonds. The van der Waals surface area contributed by atoms with Crippen molar-refractivity contribution in [1.29, 1.82) is 0 Å². The summed E-state index contributed by atoms with van der Waals surface area (Å²) in [5.74, 6) is -0.103. The first kappa shape index (κ1) is 14.7. The van der Waals surface area contributed by atoms with Gasteiger partial charge >= 0.3 is 0 Å². The maximum atomic E-state index is 12.0. The molecule has 0 spiro atoms. The first-order chi connectivity index (χ1) is 9.67. The summed E-state index contributed by atoms with van der Waals surface area (Å²) in [5.41, 5.74) is 8.06. The van der Waals surface area contributed by atoms with Crippen LogP contribution in [0.15, 0.2) is 18.2 Å². The van der Waals surface area contributed by atoms with Crippen LogP contribution >= 0.6 is 0 Å². The Morgan fingerprint density at radius 1 is 1.50 bits per heavy atom. The van der Waals surface area contributed by atoms with Gasteiger partial charge in [-0.3, -0.25) is 4.79 Å². The number of hydrogen-bond acceptors (Lipinski definition) is 4. The molecule has 0 radical (unpaired) electrons. The van der Waals surface area contributed by atoms with Crippen LogP contribution < -0.4 is 16.0 Å². The molecule has 1 atom stereocenters. The molecule has 2 rings (SSSR count). The fourth-order valence-corrected chi connectivity index (χ4v) is 2.88. The van der Waals surface area contributed by atoms with Crippen LogP contribution in [0.1, 0.15) is 36.0 Å². The highest BCUT2D eigenvalue weighted by molar-refractivity contribution is 6.00. The average Bonchev–Trinajstić information content (AvgIpc) is 2.47. The number of piperidine rings is 1. The monoisotopic (exact) mass is 277 g/mol. The van der Waals surface area contributed by atoms with Gasteiger partial charge in [0.15, 0.2) is 0 Å². The lowest BCUT2D eigenvalue weighted by atomic mass is 9.97. The molecule has 5 nitrogen and oxygen atoms in total. The Balaban J connectivity index is 2.37. The highest BCUT2D eigenvalue weighted by Crippen LogP contribution is 2.31. The van der Waals surface area contributed by atoms with Gasteiger partial charge in [0, 0.05) is 31.9 Å². The average molecular weight is 277 g/mol. The summed E-state index contributed by atoms with van der Waals surface area (Å²) in [6.07, 6.45) is 4.03. The van der Waals surface area contributed by atoms with Crippen LogP contribution in [0.3, 0.4) is 0 Å². The van der Waals surface area contributed by atoms with Gasteiger partial charge in [0.1, 0.15) is 0 Å². The van der Waals surface area contributed by atoms with Crippen molar-refractivity contribution in [2.24, 2.45) is 0 Å². The van der Waals surface area contributed by atoms with Crippen molar-refractivity contribution in [2.75, 3.05) is 30.8 Å². The van der Waals surface area contributed by atoms with Crippen LogP contribution in [0, 0.1) is 0 Å². The minimum atomic E-state index is -0.103. The predicted molar refractivity (Wildman–Crippen MR) is 80.9 cm³/mol. The number of rotatable bonds is 4. The summed E-state index contributed by atoms with van der Waals surface area (Å²) in [6.45, 7) is 1.07. The van der Waals surface area contributed by atoms with Gasteiger partial charge in [-0.25, -0.2) is 0 Å². The maximum absolute atomic E-state index is 12.0. The third-order valence-corrected chi connectivity index (χ3v) is 3.89. The molecule has 110 valence electrons. The normalized spacial score (nSPS) is 18.9. The summed E-state index contributed by atoms with van der Waals surface area (Å²) in [4.78, 5) is 14.2. The van der Waals surface area contributed by atoms with Crippen LogP contribution in [0.4, 0.5) is 11.4 Å². The zero-order valence-electron chi connectivity index (χ0n) is 11.9. The molecule has 0 aromatic heterocycles. The molecule has 0 bridgehead atoms. The summed E-state index contributed by atoms with van der Waals surface area (Å²) in [5, 5.41) is 11.9. The molecule has 20 heavy (non-hydrogen) atoms. The number of hydrogen-bond donors (Lipinski definition) is 3. The Bertz CT molecular complexity index is 474. The molecular formula is C15H23N3O2. The van der Waals surface area contributed by atoms with E-state index in [-0.39, 0.29) is 18.6 Å². The van der Waals surface area contributed by atoms with Gasteiger partial charge in [0.2, 0.25) is 0 Å². The number of nitrogens with zero attached hydrogens (tertiary/aromatic N) is 1. The Morgan fingerprint density at radius 2 is 2.30 bits per heavy atom. The van der Waals surface area contributed by atoms with Gasteiger partial charge in [-0.1, -0.05) is 0 Å². The van der Waals surface area contributed by atoms with Gasteiger partial charge in [0.25, 0.3) is 5.91 Å². The molecular weight excluding hydrogens is 254 g/mol. The SMILES string of the molecule is CNC(=O)c1ccc(N)cc1N1CCCCC1CCO. The minimum Gasteiger partial charge on any atom is -0.399 e. The third-order valence-electron chi connectivity index (χ3n) is 3.89. The van der Waals surface area contributed by atoms with Crippen LogP contribution in [0.5, 0.6) is 0 Å². The number of nitrogens with one attached hydrogen (secondary N) is 1. The zero-order chi connectivity index (χ0) is 14.5. The third kappa shape index (κ3) is 3.04. The summed E-state index contributed by atoms with van der Waals surface area (Å²) < 4.78 is 0. The second kappa shape index (κ2) is 6.61. The number of aliphatic hydroxyl groups is 1. The molecule has 1 aromatic carbocycles. The molecule has 1 unspecified atom stereocenters. The number of carbonyl (C=O) groups is 1.